The van der Waals surface area contributed by atoms with Gasteiger partial charge in [0.15, 0.2) is 0 Å². The molecule has 0 spiro atoms. The fraction of sp³-hybridized carbons (Fsp3) is 0.182. The average Bonchev–Trinajstić information content (AvgIpc) is 2.10. The van der Waals surface area contributed by atoms with Crippen LogP contribution in [-0.2, 0) is 0 Å². The Bertz CT molecular complexity index is 506. The van der Waals surface area contributed by atoms with E-state index in [9.17, 15) is 0 Å². The molecule has 14 heavy (non-hydrogen) atoms. The van der Waals surface area contributed by atoms with E-state index in [-0.39, 0.29) is 0 Å². The number of hydrogen-bond donors (Lipinski definition) is 0. The lowest BCUT2D eigenvalue weighted by Gasteiger charge is -2.06. The standard InChI is InChI=1S/C11H9Cl2N/c1-6-3-4-9-10(11(6)13)8(12)5-7(2)14-9/h3-5H,1-2H3. The first kappa shape index (κ1) is 9.75. The highest BCUT2D eigenvalue weighted by Gasteiger charge is 2.07. The fourth-order valence-corrected chi connectivity index (χ4v) is 2.13. The second kappa shape index (κ2) is 3.41. The Morgan fingerprint density at radius 2 is 1.86 bits per heavy atom. The van der Waals surface area contributed by atoms with Crippen molar-refractivity contribution in [3.05, 3.63) is 39.5 Å². The van der Waals surface area contributed by atoms with Gasteiger partial charge in [0.1, 0.15) is 0 Å². The molecule has 0 atom stereocenters. The highest BCUT2D eigenvalue weighted by Crippen LogP contribution is 2.31. The van der Waals surface area contributed by atoms with Gasteiger partial charge in [0, 0.05) is 11.1 Å². The maximum absolute atomic E-state index is 6.16. The Balaban J connectivity index is 2.95. The number of hydrogen-bond acceptors (Lipinski definition) is 1. The molecule has 72 valence electrons. The SMILES string of the molecule is Cc1cc(Cl)c2c(Cl)c(C)ccc2n1. The first-order chi connectivity index (χ1) is 6.59. The third-order valence-electron chi connectivity index (χ3n) is 2.18. The molecule has 0 unspecified atom stereocenters. The van der Waals surface area contributed by atoms with E-state index in [2.05, 4.69) is 4.98 Å². The predicted octanol–water partition coefficient (Wildman–Crippen LogP) is 4.16. The molecule has 0 bridgehead atoms. The van der Waals surface area contributed by atoms with Gasteiger partial charge in [0.05, 0.1) is 15.6 Å². The van der Waals surface area contributed by atoms with Crippen LogP contribution < -0.4 is 0 Å². The number of aromatic nitrogens is 1. The summed E-state index contributed by atoms with van der Waals surface area (Å²) in [6.07, 6.45) is 0. The zero-order valence-electron chi connectivity index (χ0n) is 7.94. The van der Waals surface area contributed by atoms with E-state index in [4.69, 9.17) is 23.2 Å². The van der Waals surface area contributed by atoms with Crippen LogP contribution in [0.2, 0.25) is 10.0 Å². The van der Waals surface area contributed by atoms with Crippen LogP contribution in [0.3, 0.4) is 0 Å². The highest BCUT2D eigenvalue weighted by molar-refractivity contribution is 6.42. The Kier molecular flexibility index (Phi) is 2.38. The number of rotatable bonds is 0. The van der Waals surface area contributed by atoms with E-state index in [0.717, 1.165) is 22.2 Å². The maximum Gasteiger partial charge on any atom is 0.0735 e. The minimum Gasteiger partial charge on any atom is -0.253 e. The van der Waals surface area contributed by atoms with E-state index in [1.165, 1.54) is 0 Å². The topological polar surface area (TPSA) is 12.9 Å². The van der Waals surface area contributed by atoms with Crippen LogP contribution in [0.15, 0.2) is 18.2 Å². The van der Waals surface area contributed by atoms with Gasteiger partial charge in [-0.05, 0) is 31.5 Å². The smallest absolute Gasteiger partial charge is 0.0735 e. The third-order valence-corrected chi connectivity index (χ3v) is 2.97. The van der Waals surface area contributed by atoms with Crippen LogP contribution >= 0.6 is 23.2 Å². The van der Waals surface area contributed by atoms with Gasteiger partial charge >= 0.3 is 0 Å². The molecule has 2 aromatic rings. The summed E-state index contributed by atoms with van der Waals surface area (Å²) in [4.78, 5) is 4.37. The Labute approximate surface area is 92.7 Å². The zero-order valence-corrected chi connectivity index (χ0v) is 9.45. The summed E-state index contributed by atoms with van der Waals surface area (Å²) in [5.74, 6) is 0. The van der Waals surface area contributed by atoms with E-state index in [1.54, 1.807) is 0 Å². The maximum atomic E-state index is 6.16. The molecule has 1 heterocycles. The molecule has 1 aromatic heterocycles. The molecule has 0 aliphatic rings. The van der Waals surface area contributed by atoms with E-state index in [1.807, 2.05) is 32.0 Å². The molecule has 0 N–H and O–H groups in total. The van der Waals surface area contributed by atoms with Gasteiger partial charge in [-0.1, -0.05) is 29.3 Å². The summed E-state index contributed by atoms with van der Waals surface area (Å²) in [7, 11) is 0. The molecule has 0 saturated heterocycles. The van der Waals surface area contributed by atoms with Gasteiger partial charge in [0.25, 0.3) is 0 Å². The fourth-order valence-electron chi connectivity index (χ4n) is 1.47. The summed E-state index contributed by atoms with van der Waals surface area (Å²) in [6.45, 7) is 3.87. The van der Waals surface area contributed by atoms with Crippen LogP contribution in [0.25, 0.3) is 10.9 Å². The molecule has 0 saturated carbocycles. The van der Waals surface area contributed by atoms with Crippen molar-refractivity contribution in [3.63, 3.8) is 0 Å². The molecule has 2 rings (SSSR count). The third kappa shape index (κ3) is 1.47. The van der Waals surface area contributed by atoms with Crippen molar-refractivity contribution in [2.24, 2.45) is 0 Å². The number of fused-ring (bicyclic) bond motifs is 1. The monoisotopic (exact) mass is 225 g/mol. The zero-order chi connectivity index (χ0) is 10.3. The first-order valence-corrected chi connectivity index (χ1v) is 5.07. The largest absolute Gasteiger partial charge is 0.253 e. The molecule has 3 heteroatoms. The molecule has 0 radical (unpaired) electrons. The van der Waals surface area contributed by atoms with E-state index >= 15 is 0 Å². The van der Waals surface area contributed by atoms with Gasteiger partial charge in [-0.2, -0.15) is 0 Å². The van der Waals surface area contributed by atoms with Crippen molar-refractivity contribution in [3.8, 4) is 0 Å². The summed E-state index contributed by atoms with van der Waals surface area (Å²) >= 11 is 12.3. The molecule has 0 fully saturated rings. The van der Waals surface area contributed by atoms with Crippen molar-refractivity contribution < 1.29 is 0 Å². The van der Waals surface area contributed by atoms with Crippen LogP contribution in [0.5, 0.6) is 0 Å². The molecule has 0 aliphatic heterocycles. The average molecular weight is 226 g/mol. The molecule has 0 aliphatic carbocycles. The van der Waals surface area contributed by atoms with Crippen LogP contribution in [0.4, 0.5) is 0 Å². The lowest BCUT2D eigenvalue weighted by molar-refractivity contribution is 1.25. The lowest BCUT2D eigenvalue weighted by Crippen LogP contribution is -1.87. The molecular weight excluding hydrogens is 217 g/mol. The Morgan fingerprint density at radius 3 is 2.57 bits per heavy atom. The van der Waals surface area contributed by atoms with Crippen molar-refractivity contribution in [2.45, 2.75) is 13.8 Å². The molecule has 0 amide bonds. The molecule has 1 aromatic carbocycles. The minimum absolute atomic E-state index is 0.668. The summed E-state index contributed by atoms with van der Waals surface area (Å²) in [5.41, 5.74) is 2.78. The lowest BCUT2D eigenvalue weighted by atomic mass is 10.1. The van der Waals surface area contributed by atoms with E-state index in [0.29, 0.717) is 10.0 Å². The van der Waals surface area contributed by atoms with Gasteiger partial charge in [-0.3, -0.25) is 4.98 Å². The van der Waals surface area contributed by atoms with Crippen molar-refractivity contribution >= 4 is 34.1 Å². The second-order valence-electron chi connectivity index (χ2n) is 3.34. The van der Waals surface area contributed by atoms with Crippen molar-refractivity contribution in [2.75, 3.05) is 0 Å². The van der Waals surface area contributed by atoms with Gasteiger partial charge in [0.2, 0.25) is 0 Å². The number of halogens is 2. The second-order valence-corrected chi connectivity index (χ2v) is 4.12. The summed E-state index contributed by atoms with van der Waals surface area (Å²) in [6, 6.07) is 5.72. The predicted molar refractivity (Wildman–Crippen MR) is 61.2 cm³/mol. The highest BCUT2D eigenvalue weighted by atomic mass is 35.5. The van der Waals surface area contributed by atoms with Crippen LogP contribution in [0, 0.1) is 13.8 Å². The number of aryl methyl sites for hydroxylation is 2. The van der Waals surface area contributed by atoms with Crippen molar-refractivity contribution in [1.29, 1.82) is 0 Å². The summed E-state index contributed by atoms with van der Waals surface area (Å²) in [5, 5.41) is 2.21. The summed E-state index contributed by atoms with van der Waals surface area (Å²) < 4.78 is 0. The van der Waals surface area contributed by atoms with Crippen LogP contribution in [0.1, 0.15) is 11.3 Å². The minimum atomic E-state index is 0.668. The quantitative estimate of drug-likeness (QED) is 0.657. The molecule has 1 nitrogen and oxygen atoms in total. The van der Waals surface area contributed by atoms with Crippen molar-refractivity contribution in [1.82, 2.24) is 4.98 Å². The number of pyridine rings is 1. The van der Waals surface area contributed by atoms with Gasteiger partial charge in [-0.15, -0.1) is 0 Å². The van der Waals surface area contributed by atoms with E-state index < -0.39 is 0 Å². The molecular formula is C11H9Cl2N. The Morgan fingerprint density at radius 1 is 1.14 bits per heavy atom. The Hall–Kier alpha value is -0.790. The van der Waals surface area contributed by atoms with Crippen LogP contribution in [-0.4, -0.2) is 4.98 Å². The number of nitrogens with zero attached hydrogens (tertiary/aromatic N) is 1. The number of benzene rings is 1. The normalized spacial score (nSPS) is 10.9. The van der Waals surface area contributed by atoms with Gasteiger partial charge in [-0.25, -0.2) is 0 Å². The van der Waals surface area contributed by atoms with Gasteiger partial charge < -0.3 is 0 Å². The first-order valence-electron chi connectivity index (χ1n) is 4.31.